The number of rotatable bonds is 2. The Labute approximate surface area is 94.5 Å². The highest BCUT2D eigenvalue weighted by atomic mass is 19.1. The minimum absolute atomic E-state index is 0.0751. The number of hydrogen-bond donors (Lipinski definition) is 0. The lowest BCUT2D eigenvalue weighted by atomic mass is 10.2. The van der Waals surface area contributed by atoms with Gasteiger partial charge in [-0.05, 0) is 25.8 Å². The van der Waals surface area contributed by atoms with E-state index in [2.05, 4.69) is 11.1 Å². The summed E-state index contributed by atoms with van der Waals surface area (Å²) in [5, 5.41) is 9.02. The van der Waals surface area contributed by atoms with Crippen molar-refractivity contribution in [1.29, 1.82) is 5.26 Å². The number of pyridine rings is 1. The Morgan fingerprint density at radius 1 is 1.69 bits per heavy atom. The monoisotopic (exact) mass is 219 g/mol. The number of nitrogens with zero attached hydrogens (tertiary/aromatic N) is 3. The average molecular weight is 219 g/mol. The van der Waals surface area contributed by atoms with Crippen LogP contribution in [0.2, 0.25) is 0 Å². The second-order valence-electron chi connectivity index (χ2n) is 4.10. The van der Waals surface area contributed by atoms with Crippen LogP contribution in [-0.4, -0.2) is 24.2 Å². The van der Waals surface area contributed by atoms with Gasteiger partial charge < -0.3 is 4.90 Å². The van der Waals surface area contributed by atoms with E-state index >= 15 is 0 Å². The van der Waals surface area contributed by atoms with Crippen molar-refractivity contribution in [2.45, 2.75) is 25.8 Å². The quantitative estimate of drug-likeness (QED) is 0.765. The van der Waals surface area contributed by atoms with Crippen molar-refractivity contribution in [2.75, 3.05) is 18.1 Å². The van der Waals surface area contributed by atoms with E-state index in [1.54, 1.807) is 6.20 Å². The van der Waals surface area contributed by atoms with Crippen LogP contribution in [0, 0.1) is 18.3 Å². The van der Waals surface area contributed by atoms with Crippen LogP contribution in [0.15, 0.2) is 12.3 Å². The highest BCUT2D eigenvalue weighted by Crippen LogP contribution is 2.28. The van der Waals surface area contributed by atoms with Crippen molar-refractivity contribution in [3.05, 3.63) is 23.5 Å². The SMILES string of the molecule is Cc1cc(N2CCCC2CF)c(C#N)cn1. The molecule has 3 nitrogen and oxygen atoms in total. The summed E-state index contributed by atoms with van der Waals surface area (Å²) in [6.07, 6.45) is 3.42. The van der Waals surface area contributed by atoms with Crippen LogP contribution in [-0.2, 0) is 0 Å². The molecule has 1 atom stereocenters. The maximum absolute atomic E-state index is 12.8. The van der Waals surface area contributed by atoms with Crippen molar-refractivity contribution < 1.29 is 4.39 Å². The lowest BCUT2D eigenvalue weighted by Gasteiger charge is -2.25. The summed E-state index contributed by atoms with van der Waals surface area (Å²) in [5.74, 6) is 0. The number of hydrogen-bond acceptors (Lipinski definition) is 3. The van der Waals surface area contributed by atoms with E-state index in [0.29, 0.717) is 5.56 Å². The van der Waals surface area contributed by atoms with Crippen LogP contribution in [0.5, 0.6) is 0 Å². The van der Waals surface area contributed by atoms with Crippen molar-refractivity contribution in [1.82, 2.24) is 4.98 Å². The van der Waals surface area contributed by atoms with Gasteiger partial charge in [0.25, 0.3) is 0 Å². The third-order valence-corrected chi connectivity index (χ3v) is 3.00. The number of anilines is 1. The number of nitriles is 1. The Hall–Kier alpha value is -1.63. The van der Waals surface area contributed by atoms with Crippen LogP contribution in [0.4, 0.5) is 10.1 Å². The zero-order valence-corrected chi connectivity index (χ0v) is 9.28. The second-order valence-corrected chi connectivity index (χ2v) is 4.10. The molecule has 1 saturated heterocycles. The molecule has 1 fully saturated rings. The third kappa shape index (κ3) is 1.85. The van der Waals surface area contributed by atoms with Crippen LogP contribution < -0.4 is 4.90 Å². The molecule has 0 aromatic carbocycles. The zero-order valence-electron chi connectivity index (χ0n) is 9.28. The Bertz CT molecular complexity index is 425. The Morgan fingerprint density at radius 2 is 2.50 bits per heavy atom. The molecule has 0 bridgehead atoms. The molecule has 2 heterocycles. The van der Waals surface area contributed by atoms with Gasteiger partial charge in [-0.1, -0.05) is 0 Å². The van der Waals surface area contributed by atoms with Gasteiger partial charge in [-0.25, -0.2) is 4.39 Å². The van der Waals surface area contributed by atoms with Crippen molar-refractivity contribution in [3.8, 4) is 6.07 Å². The van der Waals surface area contributed by atoms with Gasteiger partial charge in [-0.2, -0.15) is 5.26 Å². The molecule has 1 unspecified atom stereocenters. The summed E-state index contributed by atoms with van der Waals surface area (Å²) in [5.41, 5.74) is 2.22. The maximum Gasteiger partial charge on any atom is 0.110 e. The third-order valence-electron chi connectivity index (χ3n) is 3.00. The van der Waals surface area contributed by atoms with E-state index in [0.717, 1.165) is 30.8 Å². The smallest absolute Gasteiger partial charge is 0.110 e. The van der Waals surface area contributed by atoms with Crippen LogP contribution in [0.1, 0.15) is 24.1 Å². The molecule has 1 aromatic rings. The largest absolute Gasteiger partial charge is 0.365 e. The average Bonchev–Trinajstić information content (AvgIpc) is 2.76. The topological polar surface area (TPSA) is 39.9 Å². The molecule has 0 amide bonds. The lowest BCUT2D eigenvalue weighted by molar-refractivity contribution is 0.428. The van der Waals surface area contributed by atoms with Crippen molar-refractivity contribution in [3.63, 3.8) is 0 Å². The van der Waals surface area contributed by atoms with E-state index in [1.165, 1.54) is 0 Å². The fourth-order valence-electron chi connectivity index (χ4n) is 2.18. The van der Waals surface area contributed by atoms with Gasteiger partial charge in [-0.15, -0.1) is 0 Å². The first-order valence-corrected chi connectivity index (χ1v) is 5.45. The normalized spacial score (nSPS) is 19.8. The van der Waals surface area contributed by atoms with Crippen molar-refractivity contribution in [2.24, 2.45) is 0 Å². The van der Waals surface area contributed by atoms with Crippen LogP contribution >= 0.6 is 0 Å². The van der Waals surface area contributed by atoms with Gasteiger partial charge >= 0.3 is 0 Å². The van der Waals surface area contributed by atoms with Gasteiger partial charge in [0.2, 0.25) is 0 Å². The van der Waals surface area contributed by atoms with Crippen LogP contribution in [0.3, 0.4) is 0 Å². The molecule has 84 valence electrons. The summed E-state index contributed by atoms with van der Waals surface area (Å²) >= 11 is 0. The van der Waals surface area contributed by atoms with E-state index in [9.17, 15) is 4.39 Å². The highest BCUT2D eigenvalue weighted by Gasteiger charge is 2.26. The molecule has 1 aliphatic heterocycles. The van der Waals surface area contributed by atoms with Gasteiger partial charge in [0.15, 0.2) is 0 Å². The van der Waals surface area contributed by atoms with Gasteiger partial charge in [-0.3, -0.25) is 4.98 Å². The summed E-state index contributed by atoms with van der Waals surface area (Å²) in [4.78, 5) is 6.08. The molecule has 0 spiro atoms. The predicted octanol–water partition coefficient (Wildman–Crippen LogP) is 2.20. The molecule has 4 heteroatoms. The molecular weight excluding hydrogens is 205 g/mol. The first-order chi connectivity index (χ1) is 7.76. The number of aryl methyl sites for hydroxylation is 1. The van der Waals surface area contributed by atoms with Gasteiger partial charge in [0, 0.05) is 18.4 Å². The molecular formula is C12H14FN3. The minimum Gasteiger partial charge on any atom is -0.365 e. The number of aromatic nitrogens is 1. The molecule has 1 aliphatic rings. The summed E-state index contributed by atoms with van der Waals surface area (Å²) in [6, 6.07) is 3.91. The number of halogens is 1. The van der Waals surface area contributed by atoms with Gasteiger partial charge in [0.05, 0.1) is 17.3 Å². The molecule has 2 rings (SSSR count). The van der Waals surface area contributed by atoms with E-state index < -0.39 is 0 Å². The highest BCUT2D eigenvalue weighted by molar-refractivity contribution is 5.60. The summed E-state index contributed by atoms with van der Waals surface area (Å²) in [6.45, 7) is 2.35. The minimum atomic E-state index is -0.355. The second kappa shape index (κ2) is 4.48. The maximum atomic E-state index is 12.8. The first-order valence-electron chi connectivity index (χ1n) is 5.45. The molecule has 0 aliphatic carbocycles. The molecule has 1 aromatic heterocycles. The Kier molecular flexibility index (Phi) is 3.04. The zero-order chi connectivity index (χ0) is 11.5. The Morgan fingerprint density at radius 3 is 3.19 bits per heavy atom. The van der Waals surface area contributed by atoms with E-state index in [-0.39, 0.29) is 12.7 Å². The summed E-state index contributed by atoms with van der Waals surface area (Å²) in [7, 11) is 0. The fraction of sp³-hybridized carbons (Fsp3) is 0.500. The standard InChI is InChI=1S/C12H14FN3/c1-9-5-12(10(7-14)8-15-9)16-4-2-3-11(16)6-13/h5,8,11H,2-4,6H2,1H3. The molecule has 0 N–H and O–H groups in total. The Balaban J connectivity index is 2.39. The fourth-order valence-corrected chi connectivity index (χ4v) is 2.18. The summed E-state index contributed by atoms with van der Waals surface area (Å²) < 4.78 is 12.8. The lowest BCUT2D eigenvalue weighted by Crippen LogP contribution is -2.31. The molecule has 16 heavy (non-hydrogen) atoms. The van der Waals surface area contributed by atoms with E-state index in [1.807, 2.05) is 17.9 Å². The first kappa shape index (κ1) is 10.9. The van der Waals surface area contributed by atoms with Crippen LogP contribution in [0.25, 0.3) is 0 Å². The van der Waals surface area contributed by atoms with E-state index in [4.69, 9.17) is 5.26 Å². The predicted molar refractivity (Wildman–Crippen MR) is 60.0 cm³/mol. The van der Waals surface area contributed by atoms with Gasteiger partial charge in [0.1, 0.15) is 12.7 Å². The molecule has 0 saturated carbocycles. The van der Waals surface area contributed by atoms with Crippen molar-refractivity contribution >= 4 is 5.69 Å². The number of alkyl halides is 1. The molecule has 0 radical (unpaired) electrons.